The first-order valence-corrected chi connectivity index (χ1v) is 6.84. The van der Waals surface area contributed by atoms with Crippen molar-refractivity contribution in [2.75, 3.05) is 18.8 Å². The van der Waals surface area contributed by atoms with Gasteiger partial charge in [0.25, 0.3) is 0 Å². The van der Waals surface area contributed by atoms with E-state index in [4.69, 9.17) is 0 Å². The molecule has 0 aliphatic carbocycles. The van der Waals surface area contributed by atoms with Gasteiger partial charge in [-0.1, -0.05) is 0 Å². The summed E-state index contributed by atoms with van der Waals surface area (Å²) in [7, 11) is 0. The van der Waals surface area contributed by atoms with Crippen molar-refractivity contribution in [3.8, 4) is 0 Å². The van der Waals surface area contributed by atoms with Crippen LogP contribution in [0.2, 0.25) is 0 Å². The van der Waals surface area contributed by atoms with Crippen LogP contribution in [-0.2, 0) is 0 Å². The highest BCUT2D eigenvalue weighted by atomic mass is 32.2. The summed E-state index contributed by atoms with van der Waals surface area (Å²) in [6, 6.07) is 0. The molecule has 84 valence electrons. The fourth-order valence-electron chi connectivity index (χ4n) is 2.19. The van der Waals surface area contributed by atoms with E-state index in [2.05, 4.69) is 33.4 Å². The zero-order valence-electron chi connectivity index (χ0n) is 9.22. The van der Waals surface area contributed by atoms with Crippen LogP contribution in [0.3, 0.4) is 0 Å². The van der Waals surface area contributed by atoms with Gasteiger partial charge in [-0.15, -0.1) is 22.0 Å². The number of hydrogen-bond acceptors (Lipinski definition) is 4. The van der Waals surface area contributed by atoms with Crippen LogP contribution in [0.25, 0.3) is 0 Å². The van der Waals surface area contributed by atoms with Gasteiger partial charge in [-0.05, 0) is 37.5 Å². The molecular weight excluding hydrogens is 218 g/mol. The Morgan fingerprint density at radius 3 is 2.81 bits per heavy atom. The molecule has 3 heterocycles. The number of likely N-dealkylation sites (tertiary alicyclic amines) is 1. The van der Waals surface area contributed by atoms with Crippen LogP contribution < -0.4 is 0 Å². The molecule has 16 heavy (non-hydrogen) atoms. The third-order valence-corrected chi connectivity index (χ3v) is 4.08. The summed E-state index contributed by atoms with van der Waals surface area (Å²) in [4.78, 5) is 3.60. The predicted octanol–water partition coefficient (Wildman–Crippen LogP) is 3.29. The minimum absolute atomic E-state index is 1.03. The smallest absolute Gasteiger partial charge is 0.151 e. The van der Waals surface area contributed by atoms with Crippen LogP contribution in [0.15, 0.2) is 44.9 Å². The molecule has 3 nitrogen and oxygen atoms in total. The number of piperidine rings is 1. The van der Waals surface area contributed by atoms with Crippen LogP contribution in [0.4, 0.5) is 0 Å². The standard InChI is InChI=1S/C12H15N3S/c1-2-7-15(8-3-1)12-5-4-11-10(13-14-12)6-9-16-11/h4-6H,1-3,7-9H2. The SMILES string of the molecule is C1=C2N=NC(N3CCCCC3)=CC=C2SC1. The van der Waals surface area contributed by atoms with Crippen LogP contribution in [0, 0.1) is 0 Å². The lowest BCUT2D eigenvalue weighted by atomic mass is 10.1. The second-order valence-electron chi connectivity index (χ2n) is 4.20. The molecule has 0 bridgehead atoms. The maximum absolute atomic E-state index is 4.37. The quantitative estimate of drug-likeness (QED) is 0.695. The van der Waals surface area contributed by atoms with Crippen LogP contribution >= 0.6 is 11.8 Å². The molecule has 3 rings (SSSR count). The molecule has 0 aromatic rings. The van der Waals surface area contributed by atoms with E-state index < -0.39 is 0 Å². The van der Waals surface area contributed by atoms with Crippen molar-refractivity contribution in [2.24, 2.45) is 10.2 Å². The molecule has 1 saturated heterocycles. The highest BCUT2D eigenvalue weighted by molar-refractivity contribution is 8.03. The van der Waals surface area contributed by atoms with Gasteiger partial charge >= 0.3 is 0 Å². The number of thioether (sulfide) groups is 1. The van der Waals surface area contributed by atoms with E-state index >= 15 is 0 Å². The van der Waals surface area contributed by atoms with Gasteiger partial charge in [0.05, 0.1) is 5.70 Å². The van der Waals surface area contributed by atoms with Crippen molar-refractivity contribution in [3.05, 3.63) is 34.7 Å². The van der Waals surface area contributed by atoms with E-state index in [-0.39, 0.29) is 0 Å². The van der Waals surface area contributed by atoms with Gasteiger partial charge in [0.1, 0.15) is 0 Å². The van der Waals surface area contributed by atoms with Crippen molar-refractivity contribution in [1.82, 2.24) is 4.90 Å². The van der Waals surface area contributed by atoms with Crippen LogP contribution in [-0.4, -0.2) is 23.7 Å². The molecule has 3 aliphatic heterocycles. The first-order chi connectivity index (χ1) is 7.93. The van der Waals surface area contributed by atoms with Gasteiger partial charge in [0.15, 0.2) is 5.82 Å². The summed E-state index contributed by atoms with van der Waals surface area (Å²) >= 11 is 1.84. The number of rotatable bonds is 1. The zero-order chi connectivity index (χ0) is 10.8. The summed E-state index contributed by atoms with van der Waals surface area (Å²) in [5.41, 5.74) is 1.05. The summed E-state index contributed by atoms with van der Waals surface area (Å²) in [6.07, 6.45) is 10.3. The minimum Gasteiger partial charge on any atom is -0.355 e. The first kappa shape index (κ1) is 10.1. The molecule has 0 radical (unpaired) electrons. The molecule has 0 atom stereocenters. The fraction of sp³-hybridized carbons (Fsp3) is 0.500. The summed E-state index contributed by atoms with van der Waals surface area (Å²) in [5.74, 6) is 2.07. The highest BCUT2D eigenvalue weighted by Gasteiger charge is 2.17. The first-order valence-electron chi connectivity index (χ1n) is 5.85. The van der Waals surface area contributed by atoms with Crippen molar-refractivity contribution in [2.45, 2.75) is 19.3 Å². The fourth-order valence-corrected chi connectivity index (χ4v) is 3.05. The Morgan fingerprint density at radius 1 is 1.06 bits per heavy atom. The van der Waals surface area contributed by atoms with E-state index in [9.17, 15) is 0 Å². The Morgan fingerprint density at radius 2 is 1.94 bits per heavy atom. The lowest BCUT2D eigenvalue weighted by Gasteiger charge is -2.27. The second-order valence-corrected chi connectivity index (χ2v) is 5.27. The maximum Gasteiger partial charge on any atom is 0.151 e. The van der Waals surface area contributed by atoms with E-state index in [1.807, 2.05) is 11.8 Å². The Kier molecular flexibility index (Phi) is 2.82. The molecule has 4 heteroatoms. The highest BCUT2D eigenvalue weighted by Crippen LogP contribution is 2.34. The van der Waals surface area contributed by atoms with E-state index in [1.54, 1.807) is 0 Å². The molecule has 0 amide bonds. The third kappa shape index (κ3) is 1.94. The summed E-state index contributed by atoms with van der Waals surface area (Å²) in [6.45, 7) is 2.25. The molecule has 0 aromatic carbocycles. The average molecular weight is 233 g/mol. The van der Waals surface area contributed by atoms with Crippen molar-refractivity contribution in [1.29, 1.82) is 0 Å². The lowest BCUT2D eigenvalue weighted by molar-refractivity contribution is 0.281. The number of nitrogens with zero attached hydrogens (tertiary/aromatic N) is 3. The van der Waals surface area contributed by atoms with Gasteiger partial charge in [-0.3, -0.25) is 0 Å². The van der Waals surface area contributed by atoms with Gasteiger partial charge in [0.2, 0.25) is 0 Å². The largest absolute Gasteiger partial charge is 0.355 e. The second kappa shape index (κ2) is 4.45. The van der Waals surface area contributed by atoms with Crippen LogP contribution in [0.1, 0.15) is 19.3 Å². The van der Waals surface area contributed by atoms with Gasteiger partial charge in [-0.2, -0.15) is 0 Å². The van der Waals surface area contributed by atoms with Crippen molar-refractivity contribution < 1.29 is 0 Å². The van der Waals surface area contributed by atoms with Crippen molar-refractivity contribution in [3.63, 3.8) is 0 Å². The molecule has 3 aliphatic rings. The maximum atomic E-state index is 4.37. The monoisotopic (exact) mass is 233 g/mol. The van der Waals surface area contributed by atoms with Gasteiger partial charge < -0.3 is 4.90 Å². The number of azo groups is 1. The van der Waals surface area contributed by atoms with E-state index in [1.165, 1.54) is 24.2 Å². The Balaban J connectivity index is 1.82. The number of allylic oxidation sites excluding steroid dienone is 2. The Labute approximate surface area is 100.0 Å². The number of fused-ring (bicyclic) bond motifs is 1. The molecule has 0 N–H and O–H groups in total. The third-order valence-electron chi connectivity index (χ3n) is 3.09. The van der Waals surface area contributed by atoms with E-state index in [0.717, 1.165) is 30.4 Å². The average Bonchev–Trinajstić information content (AvgIpc) is 2.70. The molecule has 0 spiro atoms. The topological polar surface area (TPSA) is 28.0 Å². The summed E-state index contributed by atoms with van der Waals surface area (Å²) < 4.78 is 0. The van der Waals surface area contributed by atoms with E-state index in [0.29, 0.717) is 0 Å². The van der Waals surface area contributed by atoms with Crippen molar-refractivity contribution >= 4 is 11.8 Å². The minimum atomic E-state index is 1.03. The lowest BCUT2D eigenvalue weighted by Crippen LogP contribution is -2.28. The van der Waals surface area contributed by atoms with Gasteiger partial charge in [-0.25, -0.2) is 0 Å². The number of hydrogen-bond donors (Lipinski definition) is 0. The summed E-state index contributed by atoms with van der Waals surface area (Å²) in [5, 5.41) is 8.70. The predicted molar refractivity (Wildman–Crippen MR) is 67.0 cm³/mol. The van der Waals surface area contributed by atoms with Crippen LogP contribution in [0.5, 0.6) is 0 Å². The zero-order valence-corrected chi connectivity index (χ0v) is 10.0. The molecule has 0 saturated carbocycles. The normalized spacial score (nSPS) is 24.5. The van der Waals surface area contributed by atoms with Gasteiger partial charge in [0, 0.05) is 23.7 Å². The Hall–Kier alpha value is -1.03. The molecular formula is C12H15N3S. The molecule has 0 aromatic heterocycles. The Bertz CT molecular complexity index is 400. The molecule has 1 fully saturated rings. The molecule has 0 unspecified atom stereocenters.